The van der Waals surface area contributed by atoms with E-state index >= 15 is 0 Å². The molecule has 0 spiro atoms. The van der Waals surface area contributed by atoms with E-state index in [1.165, 1.54) is 12.8 Å². The van der Waals surface area contributed by atoms with Crippen LogP contribution in [0.4, 0.5) is 0 Å². The molecule has 0 saturated carbocycles. The molecule has 1 N–H and O–H groups in total. The van der Waals surface area contributed by atoms with Gasteiger partial charge in [0.25, 0.3) is 5.91 Å². The Morgan fingerprint density at radius 3 is 2.75 bits per heavy atom. The maximum Gasteiger partial charge on any atom is 0.296 e. The third-order valence-electron chi connectivity index (χ3n) is 2.03. The molecule has 1 aliphatic rings. The van der Waals surface area contributed by atoms with E-state index in [2.05, 4.69) is 10.2 Å². The van der Waals surface area contributed by atoms with Gasteiger partial charge in [0, 0.05) is 19.0 Å². The van der Waals surface area contributed by atoms with Crippen LogP contribution in [-0.2, 0) is 4.79 Å². The quantitative estimate of drug-likeness (QED) is 0.587. The van der Waals surface area contributed by atoms with Gasteiger partial charge in [-0.05, 0) is 32.4 Å². The number of nitrogens with one attached hydrogen (secondary N) is 1. The summed E-state index contributed by atoms with van der Waals surface area (Å²) in [6, 6.07) is 0. The average Bonchev–Trinajstić information content (AvgIpc) is 2.57. The van der Waals surface area contributed by atoms with Crippen molar-refractivity contribution >= 4 is 5.91 Å². The summed E-state index contributed by atoms with van der Waals surface area (Å²) in [5.41, 5.74) is 0. The molecule has 3 nitrogen and oxygen atoms in total. The van der Waals surface area contributed by atoms with Crippen LogP contribution in [0.25, 0.3) is 0 Å². The summed E-state index contributed by atoms with van der Waals surface area (Å²) in [7, 11) is 0. The Morgan fingerprint density at radius 1 is 1.50 bits per heavy atom. The van der Waals surface area contributed by atoms with E-state index in [1.807, 2.05) is 0 Å². The van der Waals surface area contributed by atoms with Gasteiger partial charge in [-0.1, -0.05) is 0 Å². The average molecular weight is 165 g/mol. The van der Waals surface area contributed by atoms with Gasteiger partial charge >= 0.3 is 0 Å². The fraction of sp³-hybridized carbons (Fsp3) is 0.667. The first-order valence-electron chi connectivity index (χ1n) is 4.26. The molecule has 1 radical (unpaired) electrons. The lowest BCUT2D eigenvalue weighted by Crippen LogP contribution is -2.32. The fourth-order valence-electron chi connectivity index (χ4n) is 1.38. The van der Waals surface area contributed by atoms with Gasteiger partial charge in [-0.15, -0.1) is 0 Å². The Balaban J connectivity index is 2.02. The van der Waals surface area contributed by atoms with Gasteiger partial charge in [0.2, 0.25) is 0 Å². The molecule has 65 valence electrons. The Morgan fingerprint density at radius 2 is 2.17 bits per heavy atom. The summed E-state index contributed by atoms with van der Waals surface area (Å²) >= 11 is 0. The van der Waals surface area contributed by atoms with Crippen LogP contribution >= 0.6 is 0 Å². The van der Waals surface area contributed by atoms with Crippen molar-refractivity contribution in [1.82, 2.24) is 10.2 Å². The van der Waals surface area contributed by atoms with Gasteiger partial charge in [-0.25, -0.2) is 0 Å². The van der Waals surface area contributed by atoms with Crippen LogP contribution in [0.2, 0.25) is 0 Å². The topological polar surface area (TPSA) is 32.3 Å². The van der Waals surface area contributed by atoms with Gasteiger partial charge < -0.3 is 10.2 Å². The molecule has 0 aromatic carbocycles. The zero-order chi connectivity index (χ0) is 8.81. The number of likely N-dealkylation sites (tertiary alicyclic amines) is 1. The van der Waals surface area contributed by atoms with Gasteiger partial charge in [0.1, 0.15) is 0 Å². The largest absolute Gasteiger partial charge is 0.344 e. The smallest absolute Gasteiger partial charge is 0.296 e. The van der Waals surface area contributed by atoms with Crippen molar-refractivity contribution in [2.75, 3.05) is 26.2 Å². The molecule has 1 aliphatic heterocycles. The van der Waals surface area contributed by atoms with E-state index in [4.69, 9.17) is 6.42 Å². The van der Waals surface area contributed by atoms with Crippen molar-refractivity contribution in [1.29, 1.82) is 0 Å². The predicted octanol–water partition coefficient (Wildman–Crippen LogP) is -0.212. The maximum absolute atomic E-state index is 10.6. The van der Waals surface area contributed by atoms with E-state index in [0.29, 0.717) is 6.54 Å². The zero-order valence-corrected chi connectivity index (χ0v) is 7.10. The summed E-state index contributed by atoms with van der Waals surface area (Å²) in [4.78, 5) is 12.9. The van der Waals surface area contributed by atoms with E-state index in [0.717, 1.165) is 19.6 Å². The highest BCUT2D eigenvalue weighted by atomic mass is 16.1. The van der Waals surface area contributed by atoms with Crippen LogP contribution in [0.3, 0.4) is 0 Å². The normalized spacial score (nSPS) is 17.2. The molecular formula is C9H13N2O. The highest BCUT2D eigenvalue weighted by Gasteiger charge is 2.10. The fourth-order valence-corrected chi connectivity index (χ4v) is 1.38. The van der Waals surface area contributed by atoms with Crippen molar-refractivity contribution in [3.8, 4) is 5.92 Å². The lowest BCUT2D eigenvalue weighted by atomic mass is 10.4. The maximum atomic E-state index is 10.6. The van der Waals surface area contributed by atoms with Crippen LogP contribution in [0, 0.1) is 12.3 Å². The highest BCUT2D eigenvalue weighted by Crippen LogP contribution is 2.05. The number of carbonyl (C=O) groups is 1. The molecule has 1 heterocycles. The van der Waals surface area contributed by atoms with Crippen molar-refractivity contribution < 1.29 is 4.79 Å². The van der Waals surface area contributed by atoms with Crippen molar-refractivity contribution in [2.24, 2.45) is 0 Å². The first kappa shape index (κ1) is 9.08. The first-order valence-corrected chi connectivity index (χ1v) is 4.26. The van der Waals surface area contributed by atoms with E-state index in [9.17, 15) is 4.79 Å². The number of carbonyl (C=O) groups excluding carboxylic acids is 1. The minimum absolute atomic E-state index is 0.422. The van der Waals surface area contributed by atoms with Crippen molar-refractivity contribution in [3.63, 3.8) is 0 Å². The van der Waals surface area contributed by atoms with E-state index in [-0.39, 0.29) is 0 Å². The van der Waals surface area contributed by atoms with Crippen LogP contribution in [-0.4, -0.2) is 37.0 Å². The number of amides is 1. The Hall–Kier alpha value is -1.01. The molecule has 3 heteroatoms. The molecule has 1 amide bonds. The number of hydrogen-bond acceptors (Lipinski definition) is 2. The summed E-state index contributed by atoms with van der Waals surface area (Å²) in [5, 5.41) is 2.58. The predicted molar refractivity (Wildman–Crippen MR) is 45.8 cm³/mol. The van der Waals surface area contributed by atoms with Gasteiger partial charge in [-0.3, -0.25) is 4.79 Å². The number of hydrogen-bond donors (Lipinski definition) is 1. The molecular weight excluding hydrogens is 152 g/mol. The second-order valence-corrected chi connectivity index (χ2v) is 2.93. The Labute approximate surface area is 73.1 Å². The monoisotopic (exact) mass is 165 g/mol. The van der Waals surface area contributed by atoms with Crippen LogP contribution < -0.4 is 5.32 Å². The molecule has 0 unspecified atom stereocenters. The molecule has 1 fully saturated rings. The number of rotatable bonds is 3. The van der Waals surface area contributed by atoms with Gasteiger partial charge in [0.15, 0.2) is 0 Å². The molecule has 12 heavy (non-hydrogen) atoms. The number of nitrogens with zero attached hydrogens (tertiary/aromatic N) is 1. The Kier molecular flexibility index (Phi) is 3.62. The molecule has 1 rings (SSSR count). The molecule has 1 saturated heterocycles. The van der Waals surface area contributed by atoms with Crippen molar-refractivity contribution in [3.05, 3.63) is 6.42 Å². The third kappa shape index (κ3) is 2.93. The zero-order valence-electron chi connectivity index (χ0n) is 7.10. The Bertz CT molecular complexity index is 189. The molecule has 0 aromatic rings. The second kappa shape index (κ2) is 4.78. The lowest BCUT2D eigenvalue weighted by molar-refractivity contribution is -0.115. The van der Waals surface area contributed by atoms with Crippen LogP contribution in [0.1, 0.15) is 12.8 Å². The third-order valence-corrected chi connectivity index (χ3v) is 2.03. The van der Waals surface area contributed by atoms with Gasteiger partial charge in [0.05, 0.1) is 0 Å². The molecule has 0 aliphatic carbocycles. The SMILES string of the molecule is [C]#CC(=O)NCCN1CCCC1. The van der Waals surface area contributed by atoms with Crippen molar-refractivity contribution in [2.45, 2.75) is 12.8 Å². The van der Waals surface area contributed by atoms with E-state index < -0.39 is 5.91 Å². The van der Waals surface area contributed by atoms with Crippen LogP contribution in [0.15, 0.2) is 0 Å². The summed E-state index contributed by atoms with van der Waals surface area (Å²) in [6.45, 7) is 3.81. The summed E-state index contributed by atoms with van der Waals surface area (Å²) in [6.07, 6.45) is 9.06. The summed E-state index contributed by atoms with van der Waals surface area (Å²) in [5.74, 6) is 1.35. The minimum atomic E-state index is -0.422. The standard InChI is InChI=1S/C9H13N2O/c1-2-9(12)10-5-8-11-6-3-4-7-11/h3-8H2,(H,10,12). The van der Waals surface area contributed by atoms with E-state index in [1.54, 1.807) is 5.92 Å². The van der Waals surface area contributed by atoms with Crippen LogP contribution in [0.5, 0.6) is 0 Å². The molecule has 0 aromatic heterocycles. The first-order chi connectivity index (χ1) is 5.83. The minimum Gasteiger partial charge on any atom is -0.344 e. The molecule has 0 bridgehead atoms. The summed E-state index contributed by atoms with van der Waals surface area (Å²) < 4.78 is 0. The van der Waals surface area contributed by atoms with Gasteiger partial charge in [-0.2, -0.15) is 0 Å². The molecule has 0 atom stereocenters. The highest BCUT2D eigenvalue weighted by molar-refractivity contribution is 5.91. The second-order valence-electron chi connectivity index (χ2n) is 2.93. The lowest BCUT2D eigenvalue weighted by Gasteiger charge is -2.13.